The molecule has 2 N–H and O–H groups in total. The zero-order valence-corrected chi connectivity index (χ0v) is 11.9. The average Bonchev–Trinajstić information content (AvgIpc) is 3.02. The van der Waals surface area contributed by atoms with Crippen LogP contribution in [0.3, 0.4) is 0 Å². The number of rotatable bonds is 4. The summed E-state index contributed by atoms with van der Waals surface area (Å²) >= 11 is 0. The number of nitrogens with zero attached hydrogens (tertiary/aromatic N) is 3. The second kappa shape index (κ2) is 6.01. The van der Waals surface area contributed by atoms with Crippen molar-refractivity contribution in [2.24, 2.45) is 0 Å². The molecule has 1 aromatic rings. The van der Waals surface area contributed by atoms with Crippen LogP contribution in [0.5, 0.6) is 0 Å². The Morgan fingerprint density at radius 2 is 2.26 bits per heavy atom. The number of hydrogen-bond donors (Lipinski definition) is 2. The van der Waals surface area contributed by atoms with Gasteiger partial charge < -0.3 is 15.2 Å². The lowest BCUT2D eigenvalue weighted by atomic mass is 10.2. The molecular formula is C14H25N5. The van der Waals surface area contributed by atoms with Crippen molar-refractivity contribution in [2.75, 3.05) is 13.1 Å². The van der Waals surface area contributed by atoms with Gasteiger partial charge in [-0.1, -0.05) is 6.42 Å². The third-order valence-corrected chi connectivity index (χ3v) is 4.36. The Kier molecular flexibility index (Phi) is 4.13. The third kappa shape index (κ3) is 2.98. The second-order valence-corrected chi connectivity index (χ2v) is 5.86. The first kappa shape index (κ1) is 13.1. The highest BCUT2D eigenvalue weighted by atomic mass is 15.3. The fraction of sp³-hybridized carbons (Fsp3) is 0.857. The smallest absolute Gasteiger partial charge is 0.149 e. The van der Waals surface area contributed by atoms with Crippen LogP contribution in [0.1, 0.15) is 56.7 Å². The molecule has 3 heterocycles. The molecule has 0 amide bonds. The summed E-state index contributed by atoms with van der Waals surface area (Å²) in [5.41, 5.74) is 0. The van der Waals surface area contributed by atoms with Crippen molar-refractivity contribution in [3.8, 4) is 0 Å². The first-order valence-corrected chi connectivity index (χ1v) is 7.73. The first-order valence-electron chi connectivity index (χ1n) is 7.73. The van der Waals surface area contributed by atoms with Gasteiger partial charge in [0.1, 0.15) is 11.6 Å². The summed E-state index contributed by atoms with van der Waals surface area (Å²) in [6.07, 6.45) is 7.51. The van der Waals surface area contributed by atoms with E-state index < -0.39 is 0 Å². The van der Waals surface area contributed by atoms with Crippen molar-refractivity contribution >= 4 is 0 Å². The van der Waals surface area contributed by atoms with E-state index in [-0.39, 0.29) is 0 Å². The zero-order valence-electron chi connectivity index (χ0n) is 11.9. The van der Waals surface area contributed by atoms with Crippen LogP contribution in [0.2, 0.25) is 0 Å². The molecule has 0 radical (unpaired) electrons. The van der Waals surface area contributed by atoms with Crippen molar-refractivity contribution in [1.29, 1.82) is 0 Å². The first-order chi connectivity index (χ1) is 9.34. The lowest BCUT2D eigenvalue weighted by Crippen LogP contribution is -2.36. The summed E-state index contributed by atoms with van der Waals surface area (Å²) in [4.78, 5) is 0. The quantitative estimate of drug-likeness (QED) is 0.862. The van der Waals surface area contributed by atoms with Gasteiger partial charge in [-0.3, -0.25) is 0 Å². The van der Waals surface area contributed by atoms with Gasteiger partial charge in [-0.25, -0.2) is 0 Å². The van der Waals surface area contributed by atoms with Crippen LogP contribution >= 0.6 is 0 Å². The molecule has 2 aliphatic heterocycles. The van der Waals surface area contributed by atoms with Gasteiger partial charge in [-0.05, 0) is 39.2 Å². The van der Waals surface area contributed by atoms with Crippen LogP contribution in [-0.4, -0.2) is 33.9 Å². The molecule has 2 unspecified atom stereocenters. The Bertz CT molecular complexity index is 408. The van der Waals surface area contributed by atoms with E-state index >= 15 is 0 Å². The Labute approximate surface area is 115 Å². The lowest BCUT2D eigenvalue weighted by Gasteiger charge is -2.18. The van der Waals surface area contributed by atoms with Gasteiger partial charge in [0.25, 0.3) is 0 Å². The molecule has 1 saturated heterocycles. The average molecular weight is 263 g/mol. The highest BCUT2D eigenvalue weighted by Crippen LogP contribution is 2.18. The highest BCUT2D eigenvalue weighted by Gasteiger charge is 2.20. The van der Waals surface area contributed by atoms with Crippen molar-refractivity contribution in [3.05, 3.63) is 11.6 Å². The minimum atomic E-state index is 0.293. The number of nitrogens with one attached hydrogen (secondary N) is 2. The monoisotopic (exact) mass is 263 g/mol. The van der Waals surface area contributed by atoms with Crippen molar-refractivity contribution in [1.82, 2.24) is 25.4 Å². The molecule has 0 aliphatic carbocycles. The van der Waals surface area contributed by atoms with Gasteiger partial charge in [-0.15, -0.1) is 10.2 Å². The molecule has 1 fully saturated rings. The molecule has 3 rings (SSSR count). The normalized spacial score (nSPS) is 25.0. The molecule has 106 valence electrons. The van der Waals surface area contributed by atoms with E-state index in [1.54, 1.807) is 0 Å². The minimum absolute atomic E-state index is 0.293. The zero-order chi connectivity index (χ0) is 13.1. The summed E-state index contributed by atoms with van der Waals surface area (Å²) in [5, 5.41) is 15.9. The van der Waals surface area contributed by atoms with E-state index in [0.717, 1.165) is 25.3 Å². The van der Waals surface area contributed by atoms with Gasteiger partial charge in [0.05, 0.1) is 6.04 Å². The Balaban J connectivity index is 1.62. The van der Waals surface area contributed by atoms with E-state index in [9.17, 15) is 0 Å². The van der Waals surface area contributed by atoms with Gasteiger partial charge in [-0.2, -0.15) is 0 Å². The largest absolute Gasteiger partial charge is 0.314 e. The standard InChI is InChI=1S/C14H25N5/c1-11(16-10-12-6-5-8-15-12)14-18-17-13-7-3-2-4-9-19(13)14/h11-12,15-16H,2-10H2,1H3. The van der Waals surface area contributed by atoms with Crippen LogP contribution in [0.4, 0.5) is 0 Å². The second-order valence-electron chi connectivity index (χ2n) is 5.86. The van der Waals surface area contributed by atoms with Crippen molar-refractivity contribution in [3.63, 3.8) is 0 Å². The molecule has 1 aromatic heterocycles. The Morgan fingerprint density at radius 3 is 3.11 bits per heavy atom. The highest BCUT2D eigenvalue weighted by molar-refractivity contribution is 5.02. The molecule has 19 heavy (non-hydrogen) atoms. The summed E-state index contributed by atoms with van der Waals surface area (Å²) < 4.78 is 2.34. The van der Waals surface area contributed by atoms with E-state index in [1.807, 2.05) is 0 Å². The summed E-state index contributed by atoms with van der Waals surface area (Å²) in [6.45, 7) is 5.49. The van der Waals surface area contributed by atoms with E-state index in [0.29, 0.717) is 12.1 Å². The van der Waals surface area contributed by atoms with Gasteiger partial charge in [0, 0.05) is 25.6 Å². The molecule has 2 atom stereocenters. The lowest BCUT2D eigenvalue weighted by molar-refractivity contribution is 0.458. The summed E-state index contributed by atoms with van der Waals surface area (Å²) in [7, 11) is 0. The van der Waals surface area contributed by atoms with Gasteiger partial charge in [0.2, 0.25) is 0 Å². The van der Waals surface area contributed by atoms with Crippen molar-refractivity contribution < 1.29 is 0 Å². The molecule has 0 saturated carbocycles. The molecule has 5 nitrogen and oxygen atoms in total. The predicted molar refractivity (Wildman–Crippen MR) is 75.0 cm³/mol. The van der Waals surface area contributed by atoms with Crippen LogP contribution in [0.25, 0.3) is 0 Å². The van der Waals surface area contributed by atoms with Crippen LogP contribution < -0.4 is 10.6 Å². The number of hydrogen-bond acceptors (Lipinski definition) is 4. The Morgan fingerprint density at radius 1 is 1.32 bits per heavy atom. The van der Waals surface area contributed by atoms with Crippen LogP contribution in [0, 0.1) is 0 Å². The Hall–Kier alpha value is -0.940. The maximum Gasteiger partial charge on any atom is 0.149 e. The SMILES string of the molecule is CC(NCC1CCCN1)c1nnc2n1CCCCC2. The fourth-order valence-corrected chi connectivity index (χ4v) is 3.17. The predicted octanol–water partition coefficient (Wildman–Crippen LogP) is 1.41. The van der Waals surface area contributed by atoms with Gasteiger partial charge in [0.15, 0.2) is 0 Å². The topological polar surface area (TPSA) is 54.8 Å². The number of fused-ring (bicyclic) bond motifs is 1. The van der Waals surface area contributed by atoms with E-state index in [4.69, 9.17) is 0 Å². The maximum atomic E-state index is 4.41. The third-order valence-electron chi connectivity index (χ3n) is 4.36. The molecule has 2 aliphatic rings. The molecule has 0 aromatic carbocycles. The van der Waals surface area contributed by atoms with E-state index in [1.165, 1.54) is 44.5 Å². The van der Waals surface area contributed by atoms with Gasteiger partial charge >= 0.3 is 0 Å². The number of aromatic nitrogens is 3. The molecular weight excluding hydrogens is 238 g/mol. The fourth-order valence-electron chi connectivity index (χ4n) is 3.17. The molecule has 5 heteroatoms. The molecule has 0 spiro atoms. The van der Waals surface area contributed by atoms with E-state index in [2.05, 4.69) is 32.3 Å². The number of aryl methyl sites for hydroxylation is 1. The maximum absolute atomic E-state index is 4.41. The summed E-state index contributed by atoms with van der Waals surface area (Å²) in [5.74, 6) is 2.30. The summed E-state index contributed by atoms with van der Waals surface area (Å²) in [6, 6.07) is 0.927. The van der Waals surface area contributed by atoms with Crippen LogP contribution in [0.15, 0.2) is 0 Å². The molecule has 0 bridgehead atoms. The minimum Gasteiger partial charge on any atom is -0.314 e. The van der Waals surface area contributed by atoms with Crippen molar-refractivity contribution in [2.45, 2.75) is 64.1 Å². The van der Waals surface area contributed by atoms with Crippen LogP contribution in [-0.2, 0) is 13.0 Å².